The second kappa shape index (κ2) is 5.54. The normalized spacial score (nSPS) is 10.6. The van der Waals surface area contributed by atoms with Crippen LogP contribution in [-0.4, -0.2) is 14.9 Å². The molecule has 0 aliphatic rings. The highest BCUT2D eigenvalue weighted by atomic mass is 32.1. The van der Waals surface area contributed by atoms with Gasteiger partial charge < -0.3 is 9.29 Å². The number of phenols is 1. The van der Waals surface area contributed by atoms with Crippen molar-refractivity contribution in [3.8, 4) is 22.6 Å². The summed E-state index contributed by atoms with van der Waals surface area (Å²) in [5, 5.41) is 12.9. The Morgan fingerprint density at radius 3 is 2.80 bits per heavy atom. The first kappa shape index (κ1) is 14.4. The van der Waals surface area contributed by atoms with E-state index in [2.05, 4.69) is 22.2 Å². The molecule has 7 heteroatoms. The van der Waals surface area contributed by atoms with Crippen LogP contribution in [0.5, 0.6) is 11.5 Å². The molecule has 0 amide bonds. The first-order valence-electron chi connectivity index (χ1n) is 5.90. The number of nitrogens with zero attached hydrogens (tertiary/aromatic N) is 2. The minimum absolute atomic E-state index is 0.0341. The van der Waals surface area contributed by atoms with E-state index in [1.54, 1.807) is 6.07 Å². The Kier molecular flexibility index (Phi) is 3.99. The van der Waals surface area contributed by atoms with Crippen LogP contribution in [0, 0.1) is 5.95 Å². The number of phenolic OH excluding ortho intramolecular Hbond substituents is 1. The van der Waals surface area contributed by atoms with E-state index in [1.807, 2.05) is 6.92 Å². The van der Waals surface area contributed by atoms with Gasteiger partial charge in [0.1, 0.15) is 5.75 Å². The molecule has 2 rings (SSSR count). The molecule has 0 saturated carbocycles. The summed E-state index contributed by atoms with van der Waals surface area (Å²) in [7, 11) is 1.35. The second-order valence-electron chi connectivity index (χ2n) is 4.21. The molecular weight excluding hydrogens is 283 g/mol. The maximum Gasteiger partial charge on any atom is 0.278 e. The standard InChI is InChI=1S/C13H13FN2O3S/c1-3-7-6-8(17)4-5-9(7)10-11(19-20)12(14)15-16(2)13(10)18/h4-6,17,20H,3H2,1-2H3. The molecule has 1 aromatic carbocycles. The average molecular weight is 296 g/mol. The van der Waals surface area contributed by atoms with Crippen LogP contribution in [0.1, 0.15) is 12.5 Å². The molecule has 1 heterocycles. The molecule has 0 bridgehead atoms. The van der Waals surface area contributed by atoms with Crippen LogP contribution >= 0.6 is 12.9 Å². The van der Waals surface area contributed by atoms with E-state index in [-0.39, 0.29) is 17.1 Å². The van der Waals surface area contributed by atoms with Crippen molar-refractivity contribution in [2.45, 2.75) is 13.3 Å². The Morgan fingerprint density at radius 2 is 2.20 bits per heavy atom. The van der Waals surface area contributed by atoms with Gasteiger partial charge in [-0.25, -0.2) is 4.68 Å². The number of halogens is 1. The Morgan fingerprint density at radius 1 is 1.50 bits per heavy atom. The number of aryl methyl sites for hydroxylation is 2. The molecule has 1 N–H and O–H groups in total. The summed E-state index contributed by atoms with van der Waals surface area (Å²) in [5.41, 5.74) is 0.707. The van der Waals surface area contributed by atoms with Crippen LogP contribution in [0.4, 0.5) is 4.39 Å². The zero-order valence-corrected chi connectivity index (χ0v) is 11.8. The van der Waals surface area contributed by atoms with Crippen LogP contribution in [0.15, 0.2) is 23.0 Å². The minimum Gasteiger partial charge on any atom is -0.508 e. The van der Waals surface area contributed by atoms with E-state index in [0.717, 1.165) is 4.68 Å². The number of benzene rings is 1. The van der Waals surface area contributed by atoms with Crippen molar-refractivity contribution < 1.29 is 13.7 Å². The van der Waals surface area contributed by atoms with Gasteiger partial charge in [-0.1, -0.05) is 13.0 Å². The van der Waals surface area contributed by atoms with Gasteiger partial charge in [0.05, 0.1) is 5.56 Å². The molecule has 0 aliphatic carbocycles. The molecule has 2 aromatic rings. The van der Waals surface area contributed by atoms with Gasteiger partial charge in [0.15, 0.2) is 0 Å². The van der Waals surface area contributed by atoms with Crippen molar-refractivity contribution in [2.75, 3.05) is 0 Å². The number of hydrogen-bond donors (Lipinski definition) is 2. The van der Waals surface area contributed by atoms with Gasteiger partial charge in [0.2, 0.25) is 5.75 Å². The lowest BCUT2D eigenvalue weighted by atomic mass is 9.98. The SMILES string of the molecule is CCc1cc(O)ccc1-c1c(OS)c(F)nn(C)c1=O. The number of rotatable bonds is 3. The summed E-state index contributed by atoms with van der Waals surface area (Å²) >= 11 is 3.59. The number of aromatic hydroxyl groups is 1. The zero-order chi connectivity index (χ0) is 14.9. The molecule has 0 atom stereocenters. The molecule has 0 radical (unpaired) electrons. The monoisotopic (exact) mass is 296 g/mol. The quantitative estimate of drug-likeness (QED) is 0.672. The van der Waals surface area contributed by atoms with Crippen LogP contribution in [-0.2, 0) is 13.5 Å². The average Bonchev–Trinajstić information content (AvgIpc) is 2.42. The molecule has 0 fully saturated rings. The lowest BCUT2D eigenvalue weighted by Gasteiger charge is -2.12. The van der Waals surface area contributed by atoms with E-state index in [4.69, 9.17) is 0 Å². The van der Waals surface area contributed by atoms with Crippen LogP contribution in [0.3, 0.4) is 0 Å². The van der Waals surface area contributed by atoms with E-state index in [0.29, 0.717) is 17.5 Å². The van der Waals surface area contributed by atoms with Crippen molar-refractivity contribution in [2.24, 2.45) is 7.05 Å². The number of hydrogen-bond acceptors (Lipinski definition) is 5. The number of aromatic nitrogens is 2. The highest BCUT2D eigenvalue weighted by Crippen LogP contribution is 2.33. The van der Waals surface area contributed by atoms with Crippen molar-refractivity contribution in [3.63, 3.8) is 0 Å². The van der Waals surface area contributed by atoms with Gasteiger partial charge in [-0.15, -0.1) is 5.10 Å². The highest BCUT2D eigenvalue weighted by molar-refractivity contribution is 7.75. The van der Waals surface area contributed by atoms with Gasteiger partial charge in [-0.3, -0.25) is 4.79 Å². The smallest absolute Gasteiger partial charge is 0.278 e. The predicted molar refractivity (Wildman–Crippen MR) is 75.5 cm³/mol. The first-order valence-corrected chi connectivity index (χ1v) is 6.26. The van der Waals surface area contributed by atoms with Crippen LogP contribution in [0.2, 0.25) is 0 Å². The summed E-state index contributed by atoms with van der Waals surface area (Å²) in [5.74, 6) is -1.17. The summed E-state index contributed by atoms with van der Waals surface area (Å²) in [4.78, 5) is 12.2. The molecule has 0 unspecified atom stereocenters. The van der Waals surface area contributed by atoms with Gasteiger partial charge in [-0.05, 0) is 29.7 Å². The van der Waals surface area contributed by atoms with Gasteiger partial charge >= 0.3 is 0 Å². The molecule has 20 heavy (non-hydrogen) atoms. The van der Waals surface area contributed by atoms with Crippen molar-refractivity contribution in [1.29, 1.82) is 0 Å². The lowest BCUT2D eigenvalue weighted by molar-refractivity contribution is 0.471. The first-order chi connectivity index (χ1) is 9.49. The van der Waals surface area contributed by atoms with E-state index < -0.39 is 11.5 Å². The second-order valence-corrected chi connectivity index (χ2v) is 4.39. The summed E-state index contributed by atoms with van der Waals surface area (Å²) in [6.07, 6.45) is 0.558. The third-order valence-corrected chi connectivity index (χ3v) is 3.17. The third-order valence-electron chi connectivity index (χ3n) is 2.99. The zero-order valence-electron chi connectivity index (χ0n) is 10.9. The van der Waals surface area contributed by atoms with E-state index in [1.165, 1.54) is 19.2 Å². The fourth-order valence-corrected chi connectivity index (χ4v) is 2.19. The Bertz CT molecular complexity index is 715. The molecule has 5 nitrogen and oxygen atoms in total. The predicted octanol–water partition coefficient (Wildman–Crippen LogP) is 2.08. The van der Waals surface area contributed by atoms with E-state index in [9.17, 15) is 14.3 Å². The van der Waals surface area contributed by atoms with E-state index >= 15 is 0 Å². The molecule has 0 aliphatic heterocycles. The van der Waals surface area contributed by atoms with Crippen LogP contribution < -0.4 is 9.74 Å². The summed E-state index contributed by atoms with van der Waals surface area (Å²) in [6.45, 7) is 1.86. The minimum atomic E-state index is -0.924. The van der Waals surface area contributed by atoms with Crippen LogP contribution in [0.25, 0.3) is 11.1 Å². The van der Waals surface area contributed by atoms with Gasteiger partial charge in [-0.2, -0.15) is 4.39 Å². The molecule has 1 aromatic heterocycles. The Balaban J connectivity index is 2.85. The van der Waals surface area contributed by atoms with Crippen molar-refractivity contribution >= 4 is 12.9 Å². The van der Waals surface area contributed by atoms with Crippen molar-refractivity contribution in [1.82, 2.24) is 9.78 Å². The Labute approximate surface area is 120 Å². The third kappa shape index (κ3) is 2.36. The van der Waals surface area contributed by atoms with Gasteiger partial charge in [0.25, 0.3) is 11.5 Å². The summed E-state index contributed by atoms with van der Waals surface area (Å²) < 4.78 is 19.4. The highest BCUT2D eigenvalue weighted by Gasteiger charge is 2.21. The maximum absolute atomic E-state index is 13.8. The van der Waals surface area contributed by atoms with Crippen molar-refractivity contribution in [3.05, 3.63) is 40.1 Å². The molecular formula is C13H13FN2O3S. The lowest BCUT2D eigenvalue weighted by Crippen LogP contribution is -2.23. The maximum atomic E-state index is 13.8. The van der Waals surface area contributed by atoms with Gasteiger partial charge in [0, 0.05) is 20.0 Å². The molecule has 106 valence electrons. The fourth-order valence-electron chi connectivity index (χ4n) is 2.02. The number of thiol groups is 1. The topological polar surface area (TPSA) is 64.3 Å². The molecule has 0 saturated heterocycles. The summed E-state index contributed by atoms with van der Waals surface area (Å²) in [6, 6.07) is 4.49. The molecule has 0 spiro atoms. The Hall–Kier alpha value is -2.02. The largest absolute Gasteiger partial charge is 0.508 e. The fraction of sp³-hybridized carbons (Fsp3) is 0.231.